The molecule has 2 aromatic rings. The molecule has 0 bridgehead atoms. The number of hydrogen-bond acceptors (Lipinski definition) is 3. The van der Waals surface area contributed by atoms with E-state index < -0.39 is 5.82 Å². The van der Waals surface area contributed by atoms with Gasteiger partial charge in [-0.3, -0.25) is 9.78 Å². The Balaban J connectivity index is 1.84. The zero-order valence-electron chi connectivity index (χ0n) is 11.0. The van der Waals surface area contributed by atoms with E-state index in [0.29, 0.717) is 5.75 Å². The number of benzene rings is 1. The van der Waals surface area contributed by atoms with Crippen LogP contribution in [0.2, 0.25) is 0 Å². The Labute approximate surface area is 116 Å². The summed E-state index contributed by atoms with van der Waals surface area (Å²) in [5.41, 5.74) is 0.770. The Morgan fingerprint density at radius 3 is 2.90 bits per heavy atom. The molecule has 5 heteroatoms. The number of pyridine rings is 1. The van der Waals surface area contributed by atoms with Gasteiger partial charge in [-0.05, 0) is 31.2 Å². The summed E-state index contributed by atoms with van der Waals surface area (Å²) in [6, 6.07) is 11.0. The largest absolute Gasteiger partial charge is 0.484 e. The van der Waals surface area contributed by atoms with E-state index in [4.69, 9.17) is 4.74 Å². The number of aromatic nitrogens is 1. The second-order valence-electron chi connectivity index (χ2n) is 4.29. The van der Waals surface area contributed by atoms with Crippen molar-refractivity contribution in [3.8, 4) is 5.75 Å². The number of carbonyl (C=O) groups is 1. The van der Waals surface area contributed by atoms with Gasteiger partial charge >= 0.3 is 0 Å². The zero-order valence-corrected chi connectivity index (χ0v) is 11.0. The third-order valence-corrected chi connectivity index (χ3v) is 2.67. The number of amides is 1. The topological polar surface area (TPSA) is 51.2 Å². The lowest BCUT2D eigenvalue weighted by atomic mass is 10.2. The molecule has 104 valence electrons. The van der Waals surface area contributed by atoms with E-state index >= 15 is 0 Å². The molecule has 0 aliphatic heterocycles. The van der Waals surface area contributed by atoms with Crippen molar-refractivity contribution in [3.63, 3.8) is 0 Å². The normalized spacial score (nSPS) is 11.7. The first-order valence-corrected chi connectivity index (χ1v) is 6.24. The number of nitrogens with zero attached hydrogens (tertiary/aromatic N) is 1. The number of carbonyl (C=O) groups excluding carboxylic acids is 1. The number of nitrogens with one attached hydrogen (secondary N) is 1. The number of halogens is 1. The standard InChI is InChI=1S/C15H15FN2O2/c1-11(14-7-2-3-8-17-14)18-15(19)10-20-13-6-4-5-12(16)9-13/h2-9,11H,10H2,1H3,(H,18,19)/t11-/m0/s1. The van der Waals surface area contributed by atoms with Crippen molar-refractivity contribution in [1.82, 2.24) is 10.3 Å². The summed E-state index contributed by atoms with van der Waals surface area (Å²) in [6.07, 6.45) is 1.67. The Bertz CT molecular complexity index is 575. The minimum atomic E-state index is -0.398. The molecule has 1 atom stereocenters. The van der Waals surface area contributed by atoms with Crippen molar-refractivity contribution >= 4 is 5.91 Å². The molecule has 0 saturated heterocycles. The van der Waals surface area contributed by atoms with Gasteiger partial charge in [0.2, 0.25) is 0 Å². The van der Waals surface area contributed by atoms with E-state index in [2.05, 4.69) is 10.3 Å². The van der Waals surface area contributed by atoms with Crippen LogP contribution in [-0.4, -0.2) is 17.5 Å². The third kappa shape index (κ3) is 4.05. The highest BCUT2D eigenvalue weighted by atomic mass is 19.1. The monoisotopic (exact) mass is 274 g/mol. The van der Waals surface area contributed by atoms with Gasteiger partial charge in [0.25, 0.3) is 5.91 Å². The Morgan fingerprint density at radius 1 is 1.35 bits per heavy atom. The average Bonchev–Trinajstić information content (AvgIpc) is 2.46. The van der Waals surface area contributed by atoms with Crippen molar-refractivity contribution < 1.29 is 13.9 Å². The van der Waals surface area contributed by atoms with Gasteiger partial charge in [-0.1, -0.05) is 12.1 Å². The van der Waals surface area contributed by atoms with Crippen molar-refractivity contribution in [2.45, 2.75) is 13.0 Å². The maximum Gasteiger partial charge on any atom is 0.258 e. The first-order chi connectivity index (χ1) is 9.65. The molecule has 1 amide bonds. The van der Waals surface area contributed by atoms with Crippen LogP contribution in [0, 0.1) is 5.82 Å². The van der Waals surface area contributed by atoms with E-state index in [9.17, 15) is 9.18 Å². The van der Waals surface area contributed by atoms with Crippen LogP contribution < -0.4 is 10.1 Å². The summed E-state index contributed by atoms with van der Waals surface area (Å²) >= 11 is 0. The van der Waals surface area contributed by atoms with Gasteiger partial charge in [0.1, 0.15) is 11.6 Å². The SMILES string of the molecule is C[C@H](NC(=O)COc1cccc(F)c1)c1ccccn1. The van der Waals surface area contributed by atoms with Crippen LogP contribution in [0.25, 0.3) is 0 Å². The summed E-state index contributed by atoms with van der Waals surface area (Å²) in [5, 5.41) is 2.76. The van der Waals surface area contributed by atoms with Gasteiger partial charge in [0.15, 0.2) is 6.61 Å². The summed E-state index contributed by atoms with van der Waals surface area (Å²) in [5.74, 6) is -0.359. The fourth-order valence-corrected chi connectivity index (χ4v) is 1.69. The predicted octanol–water partition coefficient (Wildman–Crippen LogP) is 2.48. The summed E-state index contributed by atoms with van der Waals surface area (Å²) < 4.78 is 18.1. The zero-order chi connectivity index (χ0) is 14.4. The highest BCUT2D eigenvalue weighted by molar-refractivity contribution is 5.77. The van der Waals surface area contributed by atoms with Crippen molar-refractivity contribution in [2.24, 2.45) is 0 Å². The second-order valence-corrected chi connectivity index (χ2v) is 4.29. The maximum atomic E-state index is 12.9. The maximum absolute atomic E-state index is 12.9. The number of hydrogen-bond donors (Lipinski definition) is 1. The van der Waals surface area contributed by atoms with E-state index in [1.54, 1.807) is 12.3 Å². The molecule has 1 heterocycles. The first-order valence-electron chi connectivity index (χ1n) is 6.24. The van der Waals surface area contributed by atoms with Crippen LogP contribution in [0.3, 0.4) is 0 Å². The molecule has 0 saturated carbocycles. The molecule has 1 aromatic heterocycles. The van der Waals surface area contributed by atoms with E-state index in [1.165, 1.54) is 18.2 Å². The molecular formula is C15H15FN2O2. The van der Waals surface area contributed by atoms with Crippen molar-refractivity contribution in [2.75, 3.05) is 6.61 Å². The molecule has 0 spiro atoms. The van der Waals surface area contributed by atoms with Crippen molar-refractivity contribution in [1.29, 1.82) is 0 Å². The van der Waals surface area contributed by atoms with Crippen LogP contribution in [-0.2, 0) is 4.79 Å². The molecule has 20 heavy (non-hydrogen) atoms. The van der Waals surface area contributed by atoms with E-state index in [1.807, 2.05) is 25.1 Å². The van der Waals surface area contributed by atoms with Gasteiger partial charge in [-0.25, -0.2) is 4.39 Å². The molecule has 4 nitrogen and oxygen atoms in total. The first kappa shape index (κ1) is 14.0. The molecule has 0 aliphatic rings. The van der Waals surface area contributed by atoms with Gasteiger partial charge in [-0.15, -0.1) is 0 Å². The fraction of sp³-hybridized carbons (Fsp3) is 0.200. The molecule has 0 aliphatic carbocycles. The molecule has 2 rings (SSSR count). The quantitative estimate of drug-likeness (QED) is 0.911. The molecular weight excluding hydrogens is 259 g/mol. The lowest BCUT2D eigenvalue weighted by Crippen LogP contribution is -2.31. The van der Waals surface area contributed by atoms with E-state index in [0.717, 1.165) is 5.69 Å². The molecule has 0 fully saturated rings. The predicted molar refractivity (Wildman–Crippen MR) is 72.7 cm³/mol. The minimum absolute atomic E-state index is 0.166. The van der Waals surface area contributed by atoms with Gasteiger partial charge < -0.3 is 10.1 Å². The molecule has 0 unspecified atom stereocenters. The third-order valence-electron chi connectivity index (χ3n) is 2.67. The summed E-state index contributed by atoms with van der Waals surface area (Å²) in [7, 11) is 0. The summed E-state index contributed by atoms with van der Waals surface area (Å²) in [4.78, 5) is 15.9. The molecule has 0 radical (unpaired) electrons. The van der Waals surface area contributed by atoms with Gasteiger partial charge in [-0.2, -0.15) is 0 Å². The smallest absolute Gasteiger partial charge is 0.258 e. The van der Waals surface area contributed by atoms with Crippen LogP contribution in [0.5, 0.6) is 5.75 Å². The Hall–Kier alpha value is -2.43. The van der Waals surface area contributed by atoms with Crippen LogP contribution in [0.4, 0.5) is 4.39 Å². The fourth-order valence-electron chi connectivity index (χ4n) is 1.69. The number of rotatable bonds is 5. The van der Waals surface area contributed by atoms with Crippen LogP contribution in [0.1, 0.15) is 18.7 Å². The van der Waals surface area contributed by atoms with Gasteiger partial charge in [0, 0.05) is 12.3 Å². The summed E-state index contributed by atoms with van der Waals surface area (Å²) in [6.45, 7) is 1.67. The van der Waals surface area contributed by atoms with Crippen LogP contribution >= 0.6 is 0 Å². The lowest BCUT2D eigenvalue weighted by Gasteiger charge is -2.13. The highest BCUT2D eigenvalue weighted by Gasteiger charge is 2.10. The highest BCUT2D eigenvalue weighted by Crippen LogP contribution is 2.12. The molecule has 1 N–H and O–H groups in total. The molecule has 1 aromatic carbocycles. The van der Waals surface area contributed by atoms with Gasteiger partial charge in [0.05, 0.1) is 11.7 Å². The number of ether oxygens (including phenoxy) is 1. The minimum Gasteiger partial charge on any atom is -0.484 e. The van der Waals surface area contributed by atoms with E-state index in [-0.39, 0.29) is 18.6 Å². The van der Waals surface area contributed by atoms with Crippen LogP contribution in [0.15, 0.2) is 48.7 Å². The lowest BCUT2D eigenvalue weighted by molar-refractivity contribution is -0.123. The second kappa shape index (κ2) is 6.65. The Morgan fingerprint density at radius 2 is 2.20 bits per heavy atom. The average molecular weight is 274 g/mol. The van der Waals surface area contributed by atoms with Crippen molar-refractivity contribution in [3.05, 3.63) is 60.2 Å². The Kier molecular flexibility index (Phi) is 4.65.